The Labute approximate surface area is 126 Å². The van der Waals surface area contributed by atoms with E-state index in [9.17, 15) is 0 Å². The van der Waals surface area contributed by atoms with Crippen molar-refractivity contribution < 1.29 is 0 Å². The van der Waals surface area contributed by atoms with Gasteiger partial charge in [-0.05, 0) is 36.8 Å². The van der Waals surface area contributed by atoms with Crippen LogP contribution in [0.2, 0.25) is 5.02 Å². The van der Waals surface area contributed by atoms with Gasteiger partial charge in [-0.1, -0.05) is 17.7 Å². The minimum atomic E-state index is 0.751. The normalized spacial score (nSPS) is 10.5. The van der Waals surface area contributed by atoms with Crippen LogP contribution in [0.3, 0.4) is 0 Å². The Balaban J connectivity index is 1.82. The number of hydrogen-bond acceptors (Lipinski definition) is 4. The molecule has 20 heavy (non-hydrogen) atoms. The van der Waals surface area contributed by atoms with Crippen molar-refractivity contribution in [3.05, 3.63) is 58.7 Å². The molecule has 2 aromatic heterocycles. The van der Waals surface area contributed by atoms with Crippen LogP contribution in [0.4, 0.5) is 10.8 Å². The van der Waals surface area contributed by atoms with Gasteiger partial charge < -0.3 is 5.32 Å². The molecular formula is C15H12ClN3S. The molecule has 0 radical (unpaired) electrons. The molecule has 0 spiro atoms. The fourth-order valence-electron chi connectivity index (χ4n) is 1.78. The fourth-order valence-corrected chi connectivity index (χ4v) is 2.70. The Morgan fingerprint density at radius 1 is 1.15 bits per heavy atom. The van der Waals surface area contributed by atoms with E-state index in [0.29, 0.717) is 0 Å². The molecule has 0 aliphatic heterocycles. The molecule has 1 aromatic carbocycles. The lowest BCUT2D eigenvalue weighted by Gasteiger charge is -2.04. The topological polar surface area (TPSA) is 37.8 Å². The van der Waals surface area contributed by atoms with Crippen molar-refractivity contribution in [1.29, 1.82) is 0 Å². The lowest BCUT2D eigenvalue weighted by molar-refractivity contribution is 1.31. The zero-order valence-electron chi connectivity index (χ0n) is 10.8. The number of pyridine rings is 1. The van der Waals surface area contributed by atoms with E-state index in [1.165, 1.54) is 0 Å². The number of nitrogens with one attached hydrogen (secondary N) is 1. The van der Waals surface area contributed by atoms with Gasteiger partial charge in [0.15, 0.2) is 5.13 Å². The van der Waals surface area contributed by atoms with E-state index < -0.39 is 0 Å². The van der Waals surface area contributed by atoms with Gasteiger partial charge in [-0.25, -0.2) is 4.98 Å². The Hall–Kier alpha value is -1.91. The highest BCUT2D eigenvalue weighted by Crippen LogP contribution is 2.28. The molecule has 0 amide bonds. The third-order valence-electron chi connectivity index (χ3n) is 2.90. The zero-order chi connectivity index (χ0) is 13.9. The molecule has 3 rings (SSSR count). The lowest BCUT2D eigenvalue weighted by atomic mass is 10.2. The second-order valence-corrected chi connectivity index (χ2v) is 5.63. The molecule has 0 fully saturated rings. The molecule has 0 atom stereocenters. The summed E-state index contributed by atoms with van der Waals surface area (Å²) in [6.45, 7) is 1.98. The van der Waals surface area contributed by atoms with Gasteiger partial charge in [-0.3, -0.25) is 4.98 Å². The van der Waals surface area contributed by atoms with Crippen LogP contribution < -0.4 is 5.32 Å². The third-order valence-corrected chi connectivity index (χ3v) is 4.07. The summed E-state index contributed by atoms with van der Waals surface area (Å²) in [7, 11) is 0. The second-order valence-electron chi connectivity index (χ2n) is 4.36. The summed E-state index contributed by atoms with van der Waals surface area (Å²) >= 11 is 7.68. The number of halogens is 1. The molecule has 100 valence electrons. The highest BCUT2D eigenvalue weighted by molar-refractivity contribution is 7.14. The van der Waals surface area contributed by atoms with E-state index in [1.54, 1.807) is 23.7 Å². The first-order valence-corrected chi connectivity index (χ1v) is 7.37. The Morgan fingerprint density at radius 3 is 2.70 bits per heavy atom. The molecule has 3 aromatic rings. The van der Waals surface area contributed by atoms with Gasteiger partial charge >= 0.3 is 0 Å². The first kappa shape index (κ1) is 13.1. The summed E-state index contributed by atoms with van der Waals surface area (Å²) in [5.41, 5.74) is 4.01. The van der Waals surface area contributed by atoms with E-state index in [-0.39, 0.29) is 0 Å². The van der Waals surface area contributed by atoms with Crippen LogP contribution in [-0.2, 0) is 0 Å². The predicted octanol–water partition coefficient (Wildman–Crippen LogP) is 4.91. The number of anilines is 2. The summed E-state index contributed by atoms with van der Waals surface area (Å²) < 4.78 is 0. The zero-order valence-corrected chi connectivity index (χ0v) is 12.4. The Kier molecular flexibility index (Phi) is 3.67. The number of benzene rings is 1. The number of aromatic nitrogens is 2. The summed E-state index contributed by atoms with van der Waals surface area (Å²) in [6, 6.07) is 9.78. The van der Waals surface area contributed by atoms with Gasteiger partial charge in [0, 0.05) is 34.0 Å². The standard InChI is InChI=1S/C15H12ClN3S/c1-10-2-3-12(8-13(10)16)18-15-19-14(9-20-15)11-4-6-17-7-5-11/h2-9H,1H3,(H,18,19). The van der Waals surface area contributed by atoms with Crippen LogP contribution >= 0.6 is 22.9 Å². The molecule has 5 heteroatoms. The molecular weight excluding hydrogens is 290 g/mol. The molecule has 0 saturated carbocycles. The average Bonchev–Trinajstić information content (AvgIpc) is 2.92. The van der Waals surface area contributed by atoms with Crippen molar-refractivity contribution >= 4 is 33.8 Å². The van der Waals surface area contributed by atoms with Crippen molar-refractivity contribution in [3.8, 4) is 11.3 Å². The maximum Gasteiger partial charge on any atom is 0.187 e. The summed E-state index contributed by atoms with van der Waals surface area (Å²) in [4.78, 5) is 8.57. The molecule has 0 saturated heterocycles. The molecule has 0 bridgehead atoms. The lowest BCUT2D eigenvalue weighted by Crippen LogP contribution is -1.90. The molecule has 0 aliphatic carbocycles. The van der Waals surface area contributed by atoms with Gasteiger partial charge in [-0.15, -0.1) is 11.3 Å². The molecule has 2 heterocycles. The summed E-state index contributed by atoms with van der Waals surface area (Å²) in [6.07, 6.45) is 3.53. The molecule has 0 aliphatic rings. The van der Waals surface area contributed by atoms with Crippen LogP contribution in [0.1, 0.15) is 5.56 Å². The van der Waals surface area contributed by atoms with Crippen molar-refractivity contribution in [1.82, 2.24) is 9.97 Å². The number of nitrogens with zero attached hydrogens (tertiary/aromatic N) is 2. The number of aryl methyl sites for hydroxylation is 1. The average molecular weight is 302 g/mol. The van der Waals surface area contributed by atoms with E-state index in [2.05, 4.69) is 15.3 Å². The van der Waals surface area contributed by atoms with Gasteiger partial charge in [-0.2, -0.15) is 0 Å². The minimum absolute atomic E-state index is 0.751. The first-order valence-electron chi connectivity index (χ1n) is 6.11. The predicted molar refractivity (Wildman–Crippen MR) is 84.8 cm³/mol. The maximum atomic E-state index is 6.12. The minimum Gasteiger partial charge on any atom is -0.331 e. The van der Waals surface area contributed by atoms with Gasteiger partial charge in [0.1, 0.15) is 0 Å². The van der Waals surface area contributed by atoms with Crippen molar-refractivity contribution in [2.75, 3.05) is 5.32 Å². The second kappa shape index (κ2) is 5.61. The smallest absolute Gasteiger partial charge is 0.187 e. The monoisotopic (exact) mass is 301 g/mol. The highest BCUT2D eigenvalue weighted by Gasteiger charge is 2.05. The Morgan fingerprint density at radius 2 is 1.95 bits per heavy atom. The number of thiazole rings is 1. The summed E-state index contributed by atoms with van der Waals surface area (Å²) in [5.74, 6) is 0. The van der Waals surface area contributed by atoms with Crippen molar-refractivity contribution in [3.63, 3.8) is 0 Å². The largest absolute Gasteiger partial charge is 0.331 e. The van der Waals surface area contributed by atoms with E-state index >= 15 is 0 Å². The first-order chi connectivity index (χ1) is 9.72. The van der Waals surface area contributed by atoms with Crippen molar-refractivity contribution in [2.24, 2.45) is 0 Å². The van der Waals surface area contributed by atoms with Crippen LogP contribution in [0.5, 0.6) is 0 Å². The van der Waals surface area contributed by atoms with Gasteiger partial charge in [0.05, 0.1) is 5.69 Å². The maximum absolute atomic E-state index is 6.12. The molecule has 3 nitrogen and oxygen atoms in total. The van der Waals surface area contributed by atoms with Crippen LogP contribution in [-0.4, -0.2) is 9.97 Å². The van der Waals surface area contributed by atoms with Crippen LogP contribution in [0.25, 0.3) is 11.3 Å². The Bertz CT molecular complexity index is 725. The van der Waals surface area contributed by atoms with E-state index in [4.69, 9.17) is 11.6 Å². The van der Waals surface area contributed by atoms with Crippen LogP contribution in [0, 0.1) is 6.92 Å². The molecule has 0 unspecified atom stereocenters. The highest BCUT2D eigenvalue weighted by atomic mass is 35.5. The summed E-state index contributed by atoms with van der Waals surface area (Å²) in [5, 5.41) is 6.89. The third kappa shape index (κ3) is 2.81. The molecule has 1 N–H and O–H groups in total. The quantitative estimate of drug-likeness (QED) is 0.747. The fraction of sp³-hybridized carbons (Fsp3) is 0.0667. The van der Waals surface area contributed by atoms with Gasteiger partial charge in [0.25, 0.3) is 0 Å². The van der Waals surface area contributed by atoms with Gasteiger partial charge in [0.2, 0.25) is 0 Å². The van der Waals surface area contributed by atoms with Crippen molar-refractivity contribution in [2.45, 2.75) is 6.92 Å². The van der Waals surface area contributed by atoms with Crippen LogP contribution in [0.15, 0.2) is 48.1 Å². The number of hydrogen-bond donors (Lipinski definition) is 1. The number of rotatable bonds is 3. The SMILES string of the molecule is Cc1ccc(Nc2nc(-c3ccncc3)cs2)cc1Cl. The van der Waals surface area contributed by atoms with E-state index in [0.717, 1.165) is 32.7 Å². The van der Waals surface area contributed by atoms with E-state index in [1.807, 2.05) is 42.6 Å².